The van der Waals surface area contributed by atoms with E-state index in [1.54, 1.807) is 0 Å². The molecule has 5 heteroatoms. The number of piperidine rings is 1. The Hall–Kier alpha value is -0.940. The zero-order valence-electron chi connectivity index (χ0n) is 7.82. The molecule has 5 nitrogen and oxygen atoms in total. The number of hydrogen-bond acceptors (Lipinski definition) is 4. The van der Waals surface area contributed by atoms with E-state index in [1.807, 2.05) is 0 Å². The monoisotopic (exact) mass is 198 g/mol. The van der Waals surface area contributed by atoms with E-state index in [9.17, 15) is 9.59 Å². The molecule has 0 aromatic rings. The molecule has 0 saturated carbocycles. The van der Waals surface area contributed by atoms with E-state index in [0.717, 1.165) is 19.4 Å². The van der Waals surface area contributed by atoms with Gasteiger partial charge in [-0.15, -0.1) is 0 Å². The van der Waals surface area contributed by atoms with Crippen LogP contribution >= 0.6 is 0 Å². The smallest absolute Gasteiger partial charge is 0.372 e. The Kier molecular flexibility index (Phi) is 2.52. The number of carboxylic acid groups (broad SMARTS) is 1. The van der Waals surface area contributed by atoms with Crippen molar-refractivity contribution < 1.29 is 14.7 Å². The lowest BCUT2D eigenvalue weighted by Crippen LogP contribution is -2.46. The Morgan fingerprint density at radius 2 is 2.07 bits per heavy atom. The van der Waals surface area contributed by atoms with Gasteiger partial charge in [-0.2, -0.15) is 0 Å². The minimum atomic E-state index is -1.30. The minimum Gasteiger partial charge on any atom is -0.475 e. The predicted octanol–water partition coefficient (Wildman–Crippen LogP) is -0.815. The van der Waals surface area contributed by atoms with E-state index in [2.05, 4.69) is 10.6 Å². The van der Waals surface area contributed by atoms with E-state index < -0.39 is 11.8 Å². The number of hydrogen-bond donors (Lipinski definition) is 3. The van der Waals surface area contributed by atoms with Crippen molar-refractivity contribution in [3.05, 3.63) is 0 Å². The van der Waals surface area contributed by atoms with Crippen LogP contribution < -0.4 is 10.6 Å². The zero-order chi connectivity index (χ0) is 10.1. The molecule has 2 saturated heterocycles. The van der Waals surface area contributed by atoms with Crippen molar-refractivity contribution in [2.45, 2.75) is 19.0 Å². The highest BCUT2D eigenvalue weighted by molar-refractivity contribution is 6.33. The van der Waals surface area contributed by atoms with Crippen molar-refractivity contribution in [1.82, 2.24) is 10.6 Å². The second-order valence-electron chi connectivity index (χ2n) is 3.92. The Balaban J connectivity index is 2.07. The maximum absolute atomic E-state index is 11.3. The summed E-state index contributed by atoms with van der Waals surface area (Å²) in [5, 5.41) is 15.0. The van der Waals surface area contributed by atoms with Crippen LogP contribution in [0, 0.1) is 11.8 Å². The zero-order valence-corrected chi connectivity index (χ0v) is 7.82. The molecule has 0 aliphatic carbocycles. The van der Waals surface area contributed by atoms with Crippen LogP contribution in [0.4, 0.5) is 0 Å². The van der Waals surface area contributed by atoms with Crippen LogP contribution in [0.3, 0.4) is 0 Å². The fourth-order valence-electron chi connectivity index (χ4n) is 2.42. The van der Waals surface area contributed by atoms with Crippen LogP contribution in [-0.2, 0) is 9.59 Å². The van der Waals surface area contributed by atoms with Gasteiger partial charge >= 0.3 is 5.97 Å². The fraction of sp³-hybridized carbons (Fsp3) is 0.778. The summed E-state index contributed by atoms with van der Waals surface area (Å²) in [4.78, 5) is 21.9. The number of nitrogens with one attached hydrogen (secondary N) is 2. The van der Waals surface area contributed by atoms with Crippen molar-refractivity contribution >= 4 is 11.8 Å². The second-order valence-corrected chi connectivity index (χ2v) is 3.92. The summed E-state index contributed by atoms with van der Waals surface area (Å²) in [6.07, 6.45) is 2.10. The van der Waals surface area contributed by atoms with Gasteiger partial charge in [-0.3, -0.25) is 4.79 Å². The SMILES string of the molecule is O=C(O)C(=O)C1CNC2NCCCC21. The lowest BCUT2D eigenvalue weighted by molar-refractivity contribution is -0.151. The molecule has 3 N–H and O–H groups in total. The average Bonchev–Trinajstić information content (AvgIpc) is 2.60. The third-order valence-electron chi connectivity index (χ3n) is 3.13. The van der Waals surface area contributed by atoms with Crippen molar-refractivity contribution in [3.8, 4) is 0 Å². The van der Waals surface area contributed by atoms with Gasteiger partial charge in [0, 0.05) is 12.5 Å². The molecule has 0 aromatic heterocycles. The molecule has 0 bridgehead atoms. The molecule has 2 aliphatic heterocycles. The highest BCUT2D eigenvalue weighted by Gasteiger charge is 2.42. The molecule has 2 rings (SSSR count). The molecule has 0 radical (unpaired) electrons. The Labute approximate surface area is 81.9 Å². The molecule has 2 heterocycles. The fourth-order valence-corrected chi connectivity index (χ4v) is 2.42. The summed E-state index contributed by atoms with van der Waals surface area (Å²) >= 11 is 0. The van der Waals surface area contributed by atoms with Gasteiger partial charge in [-0.1, -0.05) is 0 Å². The first-order valence-corrected chi connectivity index (χ1v) is 4.94. The number of carboxylic acids is 1. The molecule has 2 fully saturated rings. The van der Waals surface area contributed by atoms with Crippen molar-refractivity contribution in [1.29, 1.82) is 0 Å². The van der Waals surface area contributed by atoms with Crippen molar-refractivity contribution in [3.63, 3.8) is 0 Å². The Bertz CT molecular complexity index is 267. The standard InChI is InChI=1S/C9H14N2O3/c12-7(9(13)14)6-4-11-8-5(6)2-1-3-10-8/h5-6,8,10-11H,1-4H2,(H,13,14). The Morgan fingerprint density at radius 3 is 2.79 bits per heavy atom. The van der Waals surface area contributed by atoms with Crippen LogP contribution in [-0.4, -0.2) is 36.1 Å². The topological polar surface area (TPSA) is 78.4 Å². The first kappa shape index (κ1) is 9.61. The summed E-state index contributed by atoms with van der Waals surface area (Å²) in [6.45, 7) is 1.44. The average molecular weight is 198 g/mol. The molecular weight excluding hydrogens is 184 g/mol. The van der Waals surface area contributed by atoms with Gasteiger partial charge in [0.25, 0.3) is 0 Å². The number of carbonyl (C=O) groups is 2. The van der Waals surface area contributed by atoms with Gasteiger partial charge in [-0.25, -0.2) is 4.79 Å². The van der Waals surface area contributed by atoms with Gasteiger partial charge < -0.3 is 15.7 Å². The van der Waals surface area contributed by atoms with Gasteiger partial charge in [0.1, 0.15) is 0 Å². The van der Waals surface area contributed by atoms with Crippen molar-refractivity contribution in [2.75, 3.05) is 13.1 Å². The third kappa shape index (κ3) is 1.53. The van der Waals surface area contributed by atoms with E-state index in [1.165, 1.54) is 0 Å². The summed E-state index contributed by atoms with van der Waals surface area (Å²) in [7, 11) is 0. The number of ketones is 1. The first-order valence-electron chi connectivity index (χ1n) is 4.94. The number of Topliss-reactive ketones (excluding diaryl/α,β-unsaturated/α-hetero) is 1. The molecule has 14 heavy (non-hydrogen) atoms. The largest absolute Gasteiger partial charge is 0.475 e. The van der Waals surface area contributed by atoms with Gasteiger partial charge in [0.05, 0.1) is 6.17 Å². The summed E-state index contributed by atoms with van der Waals surface area (Å²) in [5.41, 5.74) is 0. The van der Waals surface area contributed by atoms with Crippen LogP contribution in [0.1, 0.15) is 12.8 Å². The first-order chi connectivity index (χ1) is 6.70. The van der Waals surface area contributed by atoms with Crippen LogP contribution in [0.25, 0.3) is 0 Å². The van der Waals surface area contributed by atoms with E-state index in [0.29, 0.717) is 6.54 Å². The van der Waals surface area contributed by atoms with E-state index in [-0.39, 0.29) is 18.0 Å². The third-order valence-corrected chi connectivity index (χ3v) is 3.13. The van der Waals surface area contributed by atoms with Crippen LogP contribution in [0.5, 0.6) is 0 Å². The molecule has 0 spiro atoms. The lowest BCUT2D eigenvalue weighted by atomic mass is 9.85. The number of fused-ring (bicyclic) bond motifs is 1. The second kappa shape index (κ2) is 3.67. The molecule has 0 amide bonds. The van der Waals surface area contributed by atoms with Crippen LogP contribution in [0.2, 0.25) is 0 Å². The quantitative estimate of drug-likeness (QED) is 0.505. The number of carbonyl (C=O) groups excluding carboxylic acids is 1. The van der Waals surface area contributed by atoms with Gasteiger partial charge in [-0.05, 0) is 25.3 Å². The number of aliphatic carboxylic acids is 1. The van der Waals surface area contributed by atoms with Crippen molar-refractivity contribution in [2.24, 2.45) is 11.8 Å². The van der Waals surface area contributed by atoms with Gasteiger partial charge in [0.15, 0.2) is 0 Å². The molecule has 3 unspecified atom stereocenters. The van der Waals surface area contributed by atoms with E-state index >= 15 is 0 Å². The lowest BCUT2D eigenvalue weighted by Gasteiger charge is -2.28. The molecule has 3 atom stereocenters. The molecule has 0 aromatic carbocycles. The van der Waals surface area contributed by atoms with Gasteiger partial charge in [0.2, 0.25) is 5.78 Å². The highest BCUT2D eigenvalue weighted by Crippen LogP contribution is 2.29. The summed E-state index contributed by atoms with van der Waals surface area (Å²) < 4.78 is 0. The maximum atomic E-state index is 11.3. The van der Waals surface area contributed by atoms with Crippen LogP contribution in [0.15, 0.2) is 0 Å². The molecule has 78 valence electrons. The normalized spacial score (nSPS) is 36.4. The minimum absolute atomic E-state index is 0.136. The Morgan fingerprint density at radius 1 is 1.29 bits per heavy atom. The number of rotatable bonds is 2. The molecular formula is C9H14N2O3. The highest BCUT2D eigenvalue weighted by atomic mass is 16.4. The predicted molar refractivity (Wildman–Crippen MR) is 48.7 cm³/mol. The summed E-state index contributed by atoms with van der Waals surface area (Å²) in [6, 6.07) is 0. The van der Waals surface area contributed by atoms with E-state index in [4.69, 9.17) is 5.11 Å². The summed E-state index contributed by atoms with van der Waals surface area (Å²) in [5.74, 6) is -2.13. The molecule has 2 aliphatic rings. The maximum Gasteiger partial charge on any atom is 0.372 e.